The molecule has 0 radical (unpaired) electrons. The summed E-state index contributed by atoms with van der Waals surface area (Å²) in [6.45, 7) is 46.1. The number of hydrogen-bond acceptors (Lipinski definition) is 6. The van der Waals surface area contributed by atoms with Gasteiger partial charge < -0.3 is 21.3 Å². The van der Waals surface area contributed by atoms with Crippen molar-refractivity contribution in [3.05, 3.63) is 319 Å². The topological polar surface area (TPSA) is 111 Å². The van der Waals surface area contributed by atoms with Crippen molar-refractivity contribution in [2.75, 3.05) is 26.0 Å². The molecule has 0 heterocycles. The lowest BCUT2D eigenvalue weighted by Gasteiger charge is -2.20. The van der Waals surface area contributed by atoms with E-state index in [0.717, 1.165) is 68.6 Å². The van der Waals surface area contributed by atoms with E-state index < -0.39 is 10.0 Å². The molecule has 1 amide bonds. The van der Waals surface area contributed by atoms with Crippen molar-refractivity contribution in [2.45, 2.75) is 195 Å². The molecule has 103 heavy (non-hydrogen) atoms. The Balaban J connectivity index is 0.000000202. The molecule has 0 saturated heterocycles. The second kappa shape index (κ2) is 40.6. The minimum absolute atomic E-state index is 0.0667. The van der Waals surface area contributed by atoms with Crippen molar-refractivity contribution in [3.63, 3.8) is 0 Å². The Labute approximate surface area is 622 Å². The molecule has 546 valence electrons. The van der Waals surface area contributed by atoms with Crippen LogP contribution >= 0.6 is 0 Å². The normalized spacial score (nSPS) is 11.1. The first kappa shape index (κ1) is 82.8. The van der Waals surface area contributed by atoms with Gasteiger partial charge in [-0.05, 0) is 286 Å². The summed E-state index contributed by atoms with van der Waals surface area (Å²) in [7, 11) is -3.54. The molecule has 0 fully saturated rings. The third-order valence-corrected chi connectivity index (χ3v) is 19.0. The number of carbonyl (C=O) groups excluding carboxylic acids is 1. The van der Waals surface area contributed by atoms with Crippen LogP contribution in [0.4, 0.5) is 28.4 Å². The zero-order chi connectivity index (χ0) is 75.4. The van der Waals surface area contributed by atoms with Crippen LogP contribution in [0, 0.1) is 91.4 Å². The van der Waals surface area contributed by atoms with Gasteiger partial charge in [-0.1, -0.05) is 226 Å². The SMILES string of the molecule is Cc1cc(NCc2ccccc2)ccc1CC(C)C.Cc1ccc(C(=O)Nc2ccc(CC(C)(C)C)c(C)c2)cc1.Cc1ccc(CNc2ccc(CC(C)C)c(C)c2)cc1.Cc1ccc(CNc2ccc(CC(C)C)c(C)c2)cc1.Cc1cccc(S(=O)(=O)Nc2ccc(C)c(CC(C)C)c2)c1. The molecule has 9 heteroatoms. The highest BCUT2D eigenvalue weighted by molar-refractivity contribution is 7.92. The zero-order valence-corrected chi connectivity index (χ0v) is 66.7. The fourth-order valence-electron chi connectivity index (χ4n) is 11.9. The van der Waals surface area contributed by atoms with Gasteiger partial charge in [0.1, 0.15) is 0 Å². The quantitative estimate of drug-likeness (QED) is 0.0436. The fraction of sp³-hybridized carbons (Fsp3) is 0.351. The van der Waals surface area contributed by atoms with Crippen molar-refractivity contribution >= 4 is 44.4 Å². The third-order valence-electron chi connectivity index (χ3n) is 17.7. The number of amides is 1. The lowest BCUT2D eigenvalue weighted by atomic mass is 9.86. The number of benzene rings is 10. The number of aryl methyl sites for hydroxylation is 9. The molecule has 0 aliphatic rings. The van der Waals surface area contributed by atoms with Crippen molar-refractivity contribution in [2.24, 2.45) is 29.1 Å². The molecule has 0 spiro atoms. The van der Waals surface area contributed by atoms with Crippen LogP contribution in [-0.2, 0) is 61.8 Å². The minimum Gasteiger partial charge on any atom is -0.381 e. The predicted octanol–water partition coefficient (Wildman–Crippen LogP) is 24.5. The van der Waals surface area contributed by atoms with E-state index in [0.29, 0.717) is 39.8 Å². The van der Waals surface area contributed by atoms with E-state index >= 15 is 0 Å². The lowest BCUT2D eigenvalue weighted by Crippen LogP contribution is -2.13. The van der Waals surface area contributed by atoms with Crippen molar-refractivity contribution < 1.29 is 13.2 Å². The molecular formula is C94H121N5O3S. The van der Waals surface area contributed by atoms with Crippen LogP contribution in [0.3, 0.4) is 0 Å². The summed E-state index contributed by atoms with van der Waals surface area (Å²) in [5.41, 5.74) is 28.1. The van der Waals surface area contributed by atoms with Crippen LogP contribution in [0.1, 0.15) is 181 Å². The summed E-state index contributed by atoms with van der Waals surface area (Å²) in [5, 5.41) is 13.5. The second-order valence-electron chi connectivity index (χ2n) is 31.1. The summed E-state index contributed by atoms with van der Waals surface area (Å²) in [4.78, 5) is 12.5. The van der Waals surface area contributed by atoms with E-state index in [1.165, 1.54) is 101 Å². The molecule has 10 aromatic carbocycles. The van der Waals surface area contributed by atoms with Gasteiger partial charge in [0.2, 0.25) is 0 Å². The average molecular weight is 1400 g/mol. The predicted molar refractivity (Wildman–Crippen MR) is 445 cm³/mol. The molecule has 0 aliphatic carbocycles. The molecule has 0 aromatic heterocycles. The van der Waals surface area contributed by atoms with Crippen LogP contribution in [0.5, 0.6) is 0 Å². The summed E-state index contributed by atoms with van der Waals surface area (Å²) >= 11 is 0. The summed E-state index contributed by atoms with van der Waals surface area (Å²) < 4.78 is 27.6. The summed E-state index contributed by atoms with van der Waals surface area (Å²) in [6.07, 6.45) is 5.44. The van der Waals surface area contributed by atoms with Crippen LogP contribution in [0.15, 0.2) is 223 Å². The summed E-state index contributed by atoms with van der Waals surface area (Å²) in [5.74, 6) is 2.59. The standard InChI is InChI=1S/C20H25NO.2C19H25N.C18H23NO2S.C18H23N/c1-14-6-8-16(9-7-14)19(22)21-18-11-10-17(15(2)12-18)13-20(3,4)5;2*1-14(2)11-18-9-10-19(12-16(18)4)20-13-17-7-5-15(3)6-8-17;1-13(2)10-16-12-17(9-8-15(16)4)19-22(20,21)18-7-5-6-14(3)11-18;1-14(2)11-17-9-10-18(12-15(17)3)19-13-16-7-5-4-6-8-16/h6-12H,13H2,1-5H3,(H,21,22);2*5-10,12,14,20H,11,13H2,1-4H3;5-9,11-13,19H,10H2,1-4H3;4-10,12,14,19H,11,13H2,1-3H3. The van der Waals surface area contributed by atoms with Crippen molar-refractivity contribution in [3.8, 4) is 0 Å². The third kappa shape index (κ3) is 30.4. The van der Waals surface area contributed by atoms with Crippen LogP contribution in [0.25, 0.3) is 0 Å². The molecular weight excluding hydrogens is 1280 g/mol. The first-order valence-corrected chi connectivity index (χ1v) is 38.6. The Morgan fingerprint density at radius 2 is 0.709 bits per heavy atom. The average Bonchev–Trinajstić information content (AvgIpc) is 0.824. The molecule has 8 nitrogen and oxygen atoms in total. The molecule has 10 rings (SSSR count). The Bertz CT molecular complexity index is 4250. The first-order valence-electron chi connectivity index (χ1n) is 37.1. The molecule has 10 aromatic rings. The van der Waals surface area contributed by atoms with Crippen LogP contribution < -0.4 is 26.0 Å². The van der Waals surface area contributed by atoms with Crippen LogP contribution in [-0.4, -0.2) is 14.3 Å². The molecule has 5 N–H and O–H groups in total. The van der Waals surface area contributed by atoms with Gasteiger partial charge in [-0.3, -0.25) is 9.52 Å². The van der Waals surface area contributed by atoms with Gasteiger partial charge >= 0.3 is 0 Å². The van der Waals surface area contributed by atoms with Gasteiger partial charge in [-0.15, -0.1) is 0 Å². The highest BCUT2D eigenvalue weighted by atomic mass is 32.2. The molecule has 0 aliphatic heterocycles. The van der Waals surface area contributed by atoms with Gasteiger partial charge in [-0.2, -0.15) is 0 Å². The Morgan fingerprint density at radius 1 is 0.340 bits per heavy atom. The highest BCUT2D eigenvalue weighted by Crippen LogP contribution is 2.28. The largest absolute Gasteiger partial charge is 0.381 e. The number of anilines is 5. The molecule has 0 atom stereocenters. The zero-order valence-electron chi connectivity index (χ0n) is 65.9. The van der Waals surface area contributed by atoms with E-state index in [-0.39, 0.29) is 11.3 Å². The van der Waals surface area contributed by atoms with Gasteiger partial charge in [0.25, 0.3) is 15.9 Å². The number of hydrogen-bond donors (Lipinski definition) is 5. The number of nitrogens with one attached hydrogen (secondary N) is 5. The summed E-state index contributed by atoms with van der Waals surface area (Å²) in [6, 6.07) is 74.4. The van der Waals surface area contributed by atoms with Crippen LogP contribution in [0.2, 0.25) is 0 Å². The molecule has 0 bridgehead atoms. The fourth-order valence-corrected chi connectivity index (χ4v) is 13.0. The number of carbonyl (C=O) groups is 1. The Morgan fingerprint density at radius 3 is 1.11 bits per heavy atom. The van der Waals surface area contributed by atoms with E-state index in [1.807, 2.05) is 80.6 Å². The van der Waals surface area contributed by atoms with E-state index in [1.54, 1.807) is 18.2 Å². The highest BCUT2D eigenvalue weighted by Gasteiger charge is 2.17. The number of sulfonamides is 1. The lowest BCUT2D eigenvalue weighted by molar-refractivity contribution is 0.102. The number of rotatable bonds is 23. The van der Waals surface area contributed by atoms with E-state index in [9.17, 15) is 13.2 Å². The van der Waals surface area contributed by atoms with Gasteiger partial charge in [0.05, 0.1) is 4.90 Å². The molecule has 0 saturated carbocycles. The minimum atomic E-state index is -3.54. The Kier molecular flexibility index (Phi) is 32.6. The van der Waals surface area contributed by atoms with Gasteiger partial charge in [-0.25, -0.2) is 8.42 Å². The maximum Gasteiger partial charge on any atom is 0.261 e. The van der Waals surface area contributed by atoms with Gasteiger partial charge in [0.15, 0.2) is 0 Å². The van der Waals surface area contributed by atoms with E-state index in [4.69, 9.17) is 0 Å². The maximum absolute atomic E-state index is 12.5. The van der Waals surface area contributed by atoms with Gasteiger partial charge in [0, 0.05) is 53.6 Å². The first-order chi connectivity index (χ1) is 48.7. The van der Waals surface area contributed by atoms with Crippen molar-refractivity contribution in [1.82, 2.24) is 0 Å². The van der Waals surface area contributed by atoms with E-state index in [2.05, 4.69) is 284 Å². The monoisotopic (exact) mass is 1400 g/mol. The maximum atomic E-state index is 12.5. The Hall–Kier alpha value is -9.18. The smallest absolute Gasteiger partial charge is 0.261 e. The second-order valence-corrected chi connectivity index (χ2v) is 32.8. The molecule has 0 unspecified atom stereocenters. The van der Waals surface area contributed by atoms with Crippen molar-refractivity contribution in [1.29, 1.82) is 0 Å².